The van der Waals surface area contributed by atoms with Crippen molar-refractivity contribution >= 4 is 39.2 Å². The van der Waals surface area contributed by atoms with Crippen molar-refractivity contribution in [2.45, 2.75) is 27.3 Å². The summed E-state index contributed by atoms with van der Waals surface area (Å²) in [7, 11) is 0. The van der Waals surface area contributed by atoms with Gasteiger partial charge in [0.1, 0.15) is 17.2 Å². The van der Waals surface area contributed by atoms with E-state index in [9.17, 15) is 18.8 Å². The molecule has 9 heteroatoms. The molecule has 0 aliphatic rings. The largest absolute Gasteiger partial charge is 0.462 e. The zero-order valence-electron chi connectivity index (χ0n) is 15.5. The maximum Gasteiger partial charge on any atom is 0.350 e. The van der Waals surface area contributed by atoms with Crippen LogP contribution in [0.4, 0.5) is 9.52 Å². The summed E-state index contributed by atoms with van der Waals surface area (Å²) in [5.41, 5.74) is 0.679. The van der Waals surface area contributed by atoms with E-state index in [1.807, 2.05) is 0 Å². The Bertz CT molecular complexity index is 1140. The molecule has 0 saturated carbocycles. The van der Waals surface area contributed by atoms with E-state index < -0.39 is 17.7 Å². The second kappa shape index (κ2) is 7.89. The Hall–Kier alpha value is -3.07. The number of thiazole rings is 1. The Morgan fingerprint density at radius 3 is 2.79 bits per heavy atom. The molecular weight excluding hydrogens is 385 g/mol. The minimum Gasteiger partial charge on any atom is -0.462 e. The third kappa shape index (κ3) is 3.79. The number of anilines is 1. The van der Waals surface area contributed by atoms with Crippen molar-refractivity contribution < 1.29 is 18.7 Å². The van der Waals surface area contributed by atoms with Crippen molar-refractivity contribution in [3.8, 4) is 0 Å². The van der Waals surface area contributed by atoms with E-state index in [1.54, 1.807) is 20.8 Å². The molecule has 0 spiro atoms. The number of hydrogen-bond acceptors (Lipinski definition) is 6. The number of hydrogen-bond donors (Lipinski definition) is 1. The average Bonchev–Trinajstić information content (AvgIpc) is 2.99. The fourth-order valence-corrected chi connectivity index (χ4v) is 3.73. The van der Waals surface area contributed by atoms with E-state index >= 15 is 0 Å². The number of carbonyl (C=O) groups is 2. The molecule has 3 rings (SSSR count). The summed E-state index contributed by atoms with van der Waals surface area (Å²) in [6.07, 6.45) is 0. The highest BCUT2D eigenvalue weighted by atomic mass is 32.1. The van der Waals surface area contributed by atoms with Crippen molar-refractivity contribution in [1.82, 2.24) is 9.55 Å². The van der Waals surface area contributed by atoms with E-state index in [-0.39, 0.29) is 34.6 Å². The van der Waals surface area contributed by atoms with E-state index in [2.05, 4.69) is 10.3 Å². The summed E-state index contributed by atoms with van der Waals surface area (Å²) in [6.45, 7) is 5.01. The zero-order chi connectivity index (χ0) is 20.4. The van der Waals surface area contributed by atoms with Crippen molar-refractivity contribution in [1.29, 1.82) is 0 Å². The molecule has 28 heavy (non-hydrogen) atoms. The highest BCUT2D eigenvalue weighted by Gasteiger charge is 2.19. The molecule has 0 aliphatic heterocycles. The standard InChI is InChI=1S/C19H18FN3O4S/c1-4-27-18(26)17-11(3)21-19(28-17)22-15(25)9-23-10(2)8-14(24)12-6-5-7-13(20)16(12)23/h5-8H,4,9H2,1-3H3,(H,21,22,25). The molecule has 7 nitrogen and oxygen atoms in total. The van der Waals surface area contributed by atoms with Crippen LogP contribution in [0.5, 0.6) is 0 Å². The lowest BCUT2D eigenvalue weighted by molar-refractivity contribution is -0.116. The van der Waals surface area contributed by atoms with Crippen molar-refractivity contribution in [3.63, 3.8) is 0 Å². The summed E-state index contributed by atoms with van der Waals surface area (Å²) in [5.74, 6) is -1.54. The fraction of sp³-hybridized carbons (Fsp3) is 0.263. The molecule has 1 aromatic carbocycles. The number of aryl methyl sites for hydroxylation is 2. The van der Waals surface area contributed by atoms with Crippen LogP contribution in [0.25, 0.3) is 10.9 Å². The van der Waals surface area contributed by atoms with Crippen molar-refractivity contribution in [3.05, 3.63) is 56.6 Å². The number of rotatable bonds is 5. The summed E-state index contributed by atoms with van der Waals surface area (Å²) < 4.78 is 20.7. The van der Waals surface area contributed by atoms with Gasteiger partial charge in [-0.25, -0.2) is 14.2 Å². The van der Waals surface area contributed by atoms with Gasteiger partial charge < -0.3 is 14.6 Å². The Kier molecular flexibility index (Phi) is 5.55. The Morgan fingerprint density at radius 1 is 1.32 bits per heavy atom. The van der Waals surface area contributed by atoms with Crippen LogP contribution in [-0.4, -0.2) is 28.0 Å². The number of carbonyl (C=O) groups excluding carboxylic acids is 2. The van der Waals surface area contributed by atoms with Gasteiger partial charge in [-0.2, -0.15) is 0 Å². The van der Waals surface area contributed by atoms with Gasteiger partial charge in [-0.05, 0) is 32.9 Å². The van der Waals surface area contributed by atoms with Crippen LogP contribution in [-0.2, 0) is 16.1 Å². The number of para-hydroxylation sites is 1. The van der Waals surface area contributed by atoms with Crippen LogP contribution in [0, 0.1) is 19.7 Å². The fourth-order valence-electron chi connectivity index (χ4n) is 2.85. The monoisotopic (exact) mass is 403 g/mol. The van der Waals surface area contributed by atoms with Gasteiger partial charge in [0.05, 0.1) is 17.8 Å². The molecule has 2 aromatic heterocycles. The molecule has 1 N–H and O–H groups in total. The average molecular weight is 403 g/mol. The number of esters is 1. The van der Waals surface area contributed by atoms with Gasteiger partial charge in [0.25, 0.3) is 0 Å². The molecule has 0 bridgehead atoms. The highest BCUT2D eigenvalue weighted by Crippen LogP contribution is 2.24. The Labute approximate surface area is 163 Å². The smallest absolute Gasteiger partial charge is 0.350 e. The summed E-state index contributed by atoms with van der Waals surface area (Å²) in [4.78, 5) is 41.0. The van der Waals surface area contributed by atoms with E-state index in [0.717, 1.165) is 11.3 Å². The van der Waals surface area contributed by atoms with Gasteiger partial charge in [0.15, 0.2) is 10.6 Å². The van der Waals surface area contributed by atoms with Gasteiger partial charge in [-0.15, -0.1) is 0 Å². The van der Waals surface area contributed by atoms with Gasteiger partial charge in [0, 0.05) is 17.1 Å². The molecular formula is C19H18FN3O4S. The number of benzene rings is 1. The van der Waals surface area contributed by atoms with Gasteiger partial charge >= 0.3 is 5.97 Å². The quantitative estimate of drug-likeness (QED) is 0.662. The van der Waals surface area contributed by atoms with E-state index in [1.165, 1.54) is 28.8 Å². The van der Waals surface area contributed by atoms with E-state index in [4.69, 9.17) is 4.74 Å². The lowest BCUT2D eigenvalue weighted by atomic mass is 10.1. The predicted molar refractivity (Wildman–Crippen MR) is 104 cm³/mol. The number of pyridine rings is 1. The third-order valence-electron chi connectivity index (χ3n) is 4.09. The molecule has 3 aromatic rings. The van der Waals surface area contributed by atoms with Crippen LogP contribution in [0.2, 0.25) is 0 Å². The summed E-state index contributed by atoms with van der Waals surface area (Å²) in [6, 6.07) is 5.57. The van der Waals surface area contributed by atoms with Crippen LogP contribution < -0.4 is 10.7 Å². The van der Waals surface area contributed by atoms with Gasteiger partial charge in [-0.1, -0.05) is 17.4 Å². The molecule has 1 amide bonds. The second-order valence-electron chi connectivity index (χ2n) is 6.07. The second-order valence-corrected chi connectivity index (χ2v) is 7.07. The Balaban J connectivity index is 1.88. The number of nitrogens with zero attached hydrogens (tertiary/aromatic N) is 2. The predicted octanol–water partition coefficient (Wildman–Crippen LogP) is 3.03. The first kappa shape index (κ1) is 19.7. The lowest BCUT2D eigenvalue weighted by Gasteiger charge is -2.14. The molecule has 0 atom stereocenters. The maximum absolute atomic E-state index is 14.3. The summed E-state index contributed by atoms with van der Waals surface area (Å²) >= 11 is 1.01. The lowest BCUT2D eigenvalue weighted by Crippen LogP contribution is -2.22. The first-order chi connectivity index (χ1) is 13.3. The molecule has 0 radical (unpaired) electrons. The number of ether oxygens (including phenoxy) is 1. The number of fused-ring (bicyclic) bond motifs is 1. The highest BCUT2D eigenvalue weighted by molar-refractivity contribution is 7.17. The molecule has 0 aliphatic carbocycles. The molecule has 0 saturated heterocycles. The van der Waals surface area contributed by atoms with Crippen molar-refractivity contribution in [2.24, 2.45) is 0 Å². The number of aromatic nitrogens is 2. The van der Waals surface area contributed by atoms with Crippen LogP contribution >= 0.6 is 11.3 Å². The van der Waals surface area contributed by atoms with Crippen LogP contribution in [0.15, 0.2) is 29.1 Å². The first-order valence-electron chi connectivity index (χ1n) is 8.55. The third-order valence-corrected chi connectivity index (χ3v) is 5.15. The number of halogens is 1. The number of nitrogens with one attached hydrogen (secondary N) is 1. The normalized spacial score (nSPS) is 10.9. The molecule has 146 valence electrons. The topological polar surface area (TPSA) is 90.3 Å². The number of amides is 1. The minimum atomic E-state index is -0.583. The summed E-state index contributed by atoms with van der Waals surface area (Å²) in [5, 5.41) is 3.06. The van der Waals surface area contributed by atoms with Gasteiger partial charge in [-0.3, -0.25) is 9.59 Å². The maximum atomic E-state index is 14.3. The molecule has 2 heterocycles. The minimum absolute atomic E-state index is 0.0742. The van der Waals surface area contributed by atoms with Gasteiger partial charge in [0.2, 0.25) is 5.91 Å². The van der Waals surface area contributed by atoms with Crippen LogP contribution in [0.3, 0.4) is 0 Å². The van der Waals surface area contributed by atoms with E-state index in [0.29, 0.717) is 16.3 Å². The van der Waals surface area contributed by atoms with Crippen LogP contribution in [0.1, 0.15) is 28.0 Å². The SMILES string of the molecule is CCOC(=O)c1sc(NC(=O)Cn2c(C)cc(=O)c3cccc(F)c32)nc1C. The van der Waals surface area contributed by atoms with Crippen molar-refractivity contribution in [2.75, 3.05) is 11.9 Å². The molecule has 0 unspecified atom stereocenters. The molecule has 0 fully saturated rings. The Morgan fingerprint density at radius 2 is 2.07 bits per heavy atom. The zero-order valence-corrected chi connectivity index (χ0v) is 16.4. The first-order valence-corrected chi connectivity index (χ1v) is 9.36.